The summed E-state index contributed by atoms with van der Waals surface area (Å²) in [7, 11) is 1.63. The van der Waals surface area contributed by atoms with Crippen LogP contribution in [0.15, 0.2) is 24.3 Å². The number of hydrogen-bond donors (Lipinski definition) is 1. The highest BCUT2D eigenvalue weighted by Crippen LogP contribution is 2.21. The van der Waals surface area contributed by atoms with Gasteiger partial charge in [-0.3, -0.25) is 4.79 Å². The lowest BCUT2D eigenvalue weighted by Crippen LogP contribution is -2.41. The molecule has 2 fully saturated rings. The molecule has 2 bridgehead atoms. The maximum absolute atomic E-state index is 12.3. The molecule has 2 aliphatic rings. The number of nitrogens with zero attached hydrogens (tertiary/aromatic N) is 1. The zero-order chi connectivity index (χ0) is 14.7. The van der Waals surface area contributed by atoms with Crippen LogP contribution >= 0.6 is 0 Å². The first-order chi connectivity index (χ1) is 10.2. The molecule has 3 rings (SSSR count). The summed E-state index contributed by atoms with van der Waals surface area (Å²) in [6.07, 6.45) is 3.47. The molecule has 1 aromatic rings. The Bertz CT molecular complexity index is 489. The van der Waals surface area contributed by atoms with Crippen molar-refractivity contribution in [3.8, 4) is 11.5 Å². The third-order valence-corrected chi connectivity index (χ3v) is 4.30. The summed E-state index contributed by atoms with van der Waals surface area (Å²) in [5.41, 5.74) is 0. The molecule has 0 aromatic heterocycles. The van der Waals surface area contributed by atoms with Gasteiger partial charge in [-0.15, -0.1) is 0 Å². The monoisotopic (exact) mass is 290 g/mol. The second-order valence-corrected chi connectivity index (χ2v) is 5.73. The minimum absolute atomic E-state index is 0.0696. The van der Waals surface area contributed by atoms with Crippen LogP contribution in [0, 0.1) is 0 Å². The number of methoxy groups -OCH3 is 1. The van der Waals surface area contributed by atoms with E-state index in [0.29, 0.717) is 17.8 Å². The van der Waals surface area contributed by atoms with Crippen molar-refractivity contribution in [1.29, 1.82) is 0 Å². The van der Waals surface area contributed by atoms with E-state index in [1.54, 1.807) is 7.11 Å². The molecule has 1 amide bonds. The van der Waals surface area contributed by atoms with Gasteiger partial charge in [-0.05, 0) is 43.5 Å². The fourth-order valence-electron chi connectivity index (χ4n) is 3.08. The number of amides is 1. The van der Waals surface area contributed by atoms with Crippen LogP contribution in [0.4, 0.5) is 0 Å². The smallest absolute Gasteiger partial charge is 0.260 e. The van der Waals surface area contributed by atoms with E-state index >= 15 is 0 Å². The van der Waals surface area contributed by atoms with E-state index < -0.39 is 0 Å². The summed E-state index contributed by atoms with van der Waals surface area (Å²) in [4.78, 5) is 14.2. The zero-order valence-corrected chi connectivity index (χ0v) is 12.4. The summed E-state index contributed by atoms with van der Waals surface area (Å²) in [6, 6.07) is 8.34. The first kappa shape index (κ1) is 14.2. The van der Waals surface area contributed by atoms with Crippen molar-refractivity contribution in [2.45, 2.75) is 31.3 Å². The Morgan fingerprint density at radius 1 is 1.19 bits per heavy atom. The molecule has 5 heteroatoms. The third-order valence-electron chi connectivity index (χ3n) is 4.30. The SMILES string of the molecule is COc1ccc(OCC(=O)N2CC[C@H]3CC[C@@H](C2)N3)cc1. The van der Waals surface area contributed by atoms with Crippen molar-refractivity contribution < 1.29 is 14.3 Å². The molecule has 2 atom stereocenters. The standard InChI is InChI=1S/C16H22N2O3/c1-20-14-4-6-15(7-5-14)21-11-16(19)18-9-8-12-2-3-13(10-18)17-12/h4-7,12-13,17H,2-3,8-11H2,1H3/t12-,13+/m1/s1. The minimum atomic E-state index is 0.0696. The van der Waals surface area contributed by atoms with E-state index in [-0.39, 0.29) is 12.5 Å². The second kappa shape index (κ2) is 6.35. The largest absolute Gasteiger partial charge is 0.497 e. The number of benzene rings is 1. The van der Waals surface area contributed by atoms with Crippen LogP contribution in [0.25, 0.3) is 0 Å². The Labute approximate surface area is 125 Å². The number of hydrogen-bond acceptors (Lipinski definition) is 4. The van der Waals surface area contributed by atoms with Crippen molar-refractivity contribution in [3.05, 3.63) is 24.3 Å². The number of fused-ring (bicyclic) bond motifs is 2. The Balaban J connectivity index is 1.51. The number of ether oxygens (including phenoxy) is 2. The van der Waals surface area contributed by atoms with E-state index in [4.69, 9.17) is 9.47 Å². The highest BCUT2D eigenvalue weighted by Gasteiger charge is 2.31. The van der Waals surface area contributed by atoms with E-state index in [1.807, 2.05) is 29.2 Å². The number of likely N-dealkylation sites (tertiary alicyclic amines) is 1. The van der Waals surface area contributed by atoms with Gasteiger partial charge in [0.05, 0.1) is 7.11 Å². The van der Waals surface area contributed by atoms with Crippen LogP contribution in [0.2, 0.25) is 0 Å². The van der Waals surface area contributed by atoms with Crippen molar-refractivity contribution in [2.24, 2.45) is 0 Å². The molecule has 1 aromatic carbocycles. The predicted octanol–water partition coefficient (Wildman–Crippen LogP) is 1.43. The Morgan fingerprint density at radius 2 is 1.90 bits per heavy atom. The number of carbonyl (C=O) groups is 1. The molecule has 0 radical (unpaired) electrons. The highest BCUT2D eigenvalue weighted by atomic mass is 16.5. The zero-order valence-electron chi connectivity index (χ0n) is 12.4. The highest BCUT2D eigenvalue weighted by molar-refractivity contribution is 5.77. The molecule has 0 aliphatic carbocycles. The number of rotatable bonds is 4. The van der Waals surface area contributed by atoms with Crippen LogP contribution < -0.4 is 14.8 Å². The molecule has 5 nitrogen and oxygen atoms in total. The quantitative estimate of drug-likeness (QED) is 0.911. The maximum Gasteiger partial charge on any atom is 0.260 e. The molecular weight excluding hydrogens is 268 g/mol. The number of carbonyl (C=O) groups excluding carboxylic acids is 1. The molecule has 114 valence electrons. The lowest BCUT2D eigenvalue weighted by Gasteiger charge is -2.24. The topological polar surface area (TPSA) is 50.8 Å². The van der Waals surface area contributed by atoms with Crippen molar-refractivity contribution in [2.75, 3.05) is 26.8 Å². The summed E-state index contributed by atoms with van der Waals surface area (Å²) < 4.78 is 10.7. The van der Waals surface area contributed by atoms with E-state index in [9.17, 15) is 4.79 Å². The molecule has 2 saturated heterocycles. The van der Waals surface area contributed by atoms with Gasteiger partial charge in [0.15, 0.2) is 6.61 Å². The Kier molecular flexibility index (Phi) is 4.29. The normalized spacial score (nSPS) is 24.5. The fraction of sp³-hybridized carbons (Fsp3) is 0.562. The summed E-state index contributed by atoms with van der Waals surface area (Å²) in [5.74, 6) is 1.54. The van der Waals surface area contributed by atoms with Crippen molar-refractivity contribution >= 4 is 5.91 Å². The molecule has 2 aliphatic heterocycles. The summed E-state index contributed by atoms with van der Waals surface area (Å²) in [6.45, 7) is 1.74. The van der Waals surface area contributed by atoms with Gasteiger partial charge >= 0.3 is 0 Å². The van der Waals surface area contributed by atoms with Crippen molar-refractivity contribution in [1.82, 2.24) is 10.2 Å². The molecule has 21 heavy (non-hydrogen) atoms. The van der Waals surface area contributed by atoms with Crippen molar-refractivity contribution in [3.63, 3.8) is 0 Å². The van der Waals surface area contributed by atoms with Gasteiger partial charge in [0.1, 0.15) is 11.5 Å². The Morgan fingerprint density at radius 3 is 2.67 bits per heavy atom. The van der Waals surface area contributed by atoms with E-state index in [1.165, 1.54) is 12.8 Å². The summed E-state index contributed by atoms with van der Waals surface area (Å²) >= 11 is 0. The summed E-state index contributed by atoms with van der Waals surface area (Å²) in [5, 5.41) is 3.58. The third kappa shape index (κ3) is 3.47. The molecular formula is C16H22N2O3. The lowest BCUT2D eigenvalue weighted by molar-refractivity contribution is -0.133. The fourth-order valence-corrected chi connectivity index (χ4v) is 3.08. The van der Waals surface area contributed by atoms with Gasteiger partial charge < -0.3 is 19.7 Å². The van der Waals surface area contributed by atoms with Gasteiger partial charge in [0, 0.05) is 25.2 Å². The first-order valence-corrected chi connectivity index (χ1v) is 7.55. The maximum atomic E-state index is 12.3. The Hall–Kier alpha value is -1.75. The van der Waals surface area contributed by atoms with Gasteiger partial charge in [-0.2, -0.15) is 0 Å². The average Bonchev–Trinajstić information content (AvgIpc) is 2.84. The molecule has 0 spiro atoms. The number of nitrogens with one attached hydrogen (secondary N) is 1. The van der Waals surface area contributed by atoms with E-state index in [2.05, 4.69) is 5.32 Å². The predicted molar refractivity (Wildman–Crippen MR) is 79.6 cm³/mol. The molecule has 1 N–H and O–H groups in total. The second-order valence-electron chi connectivity index (χ2n) is 5.73. The van der Waals surface area contributed by atoms with Gasteiger partial charge in [0.25, 0.3) is 5.91 Å². The lowest BCUT2D eigenvalue weighted by atomic mass is 10.1. The van der Waals surface area contributed by atoms with Gasteiger partial charge in [-0.1, -0.05) is 0 Å². The van der Waals surface area contributed by atoms with Crippen LogP contribution in [0.5, 0.6) is 11.5 Å². The van der Waals surface area contributed by atoms with Gasteiger partial charge in [0.2, 0.25) is 0 Å². The minimum Gasteiger partial charge on any atom is -0.497 e. The van der Waals surface area contributed by atoms with Gasteiger partial charge in [-0.25, -0.2) is 0 Å². The van der Waals surface area contributed by atoms with E-state index in [0.717, 1.165) is 25.3 Å². The average molecular weight is 290 g/mol. The van der Waals surface area contributed by atoms with Crippen LogP contribution in [0.1, 0.15) is 19.3 Å². The first-order valence-electron chi connectivity index (χ1n) is 7.55. The van der Waals surface area contributed by atoms with Crippen LogP contribution in [0.3, 0.4) is 0 Å². The molecule has 0 unspecified atom stereocenters. The van der Waals surface area contributed by atoms with Crippen LogP contribution in [-0.2, 0) is 4.79 Å². The van der Waals surface area contributed by atoms with Crippen LogP contribution in [-0.4, -0.2) is 49.7 Å². The molecule has 0 saturated carbocycles. The molecule has 2 heterocycles.